The van der Waals surface area contributed by atoms with Gasteiger partial charge in [-0.3, -0.25) is 0 Å². The highest BCUT2D eigenvalue weighted by atomic mass is 79.9. The van der Waals surface area contributed by atoms with Crippen LogP contribution >= 0.6 is 15.9 Å². The summed E-state index contributed by atoms with van der Waals surface area (Å²) in [6, 6.07) is 9.10. The Kier molecular flexibility index (Phi) is 5.34. The van der Waals surface area contributed by atoms with Crippen molar-refractivity contribution in [2.75, 3.05) is 13.1 Å². The third kappa shape index (κ3) is 3.62. The average molecular weight is 270 g/mol. The fourth-order valence-electron chi connectivity index (χ4n) is 1.96. The minimum Gasteiger partial charge on any atom is -0.301 e. The van der Waals surface area contributed by atoms with Gasteiger partial charge in [0.2, 0.25) is 0 Å². The largest absolute Gasteiger partial charge is 0.301 e. The summed E-state index contributed by atoms with van der Waals surface area (Å²) in [6.07, 6.45) is 1.11. The van der Waals surface area contributed by atoms with Crippen LogP contribution in [0.15, 0.2) is 28.7 Å². The van der Waals surface area contributed by atoms with Gasteiger partial charge in [0.25, 0.3) is 0 Å². The molecule has 0 fully saturated rings. The number of halogens is 1. The molecule has 1 rings (SSSR count). The Bertz CT molecular complexity index is 294. The Hall–Kier alpha value is -0.340. The standard InChI is InChI=1S/C13H20BrN/c1-4-15(5-2)11(3)10-12-8-6-7-9-13(12)14/h6-9,11H,4-5,10H2,1-3H3. The maximum atomic E-state index is 3.60. The average Bonchev–Trinajstić information content (AvgIpc) is 2.23. The summed E-state index contributed by atoms with van der Waals surface area (Å²) in [5.41, 5.74) is 1.40. The first-order valence-corrected chi connectivity index (χ1v) is 6.45. The van der Waals surface area contributed by atoms with Gasteiger partial charge in [-0.05, 0) is 38.1 Å². The van der Waals surface area contributed by atoms with Gasteiger partial charge in [0.15, 0.2) is 0 Å². The van der Waals surface area contributed by atoms with Crippen LogP contribution < -0.4 is 0 Å². The van der Waals surface area contributed by atoms with Crippen molar-refractivity contribution in [3.63, 3.8) is 0 Å². The second-order valence-corrected chi connectivity index (χ2v) is 4.72. The molecule has 0 saturated heterocycles. The number of likely N-dealkylation sites (N-methyl/N-ethyl adjacent to an activating group) is 1. The Labute approximate surface area is 102 Å². The SMILES string of the molecule is CCN(CC)C(C)Cc1ccccc1Br. The molecule has 1 nitrogen and oxygen atoms in total. The molecule has 1 atom stereocenters. The number of nitrogens with zero attached hydrogens (tertiary/aromatic N) is 1. The van der Waals surface area contributed by atoms with E-state index < -0.39 is 0 Å². The molecule has 0 bridgehead atoms. The van der Waals surface area contributed by atoms with Crippen molar-refractivity contribution >= 4 is 15.9 Å². The lowest BCUT2D eigenvalue weighted by molar-refractivity contribution is 0.230. The van der Waals surface area contributed by atoms with Crippen molar-refractivity contribution in [2.45, 2.75) is 33.2 Å². The molecule has 2 heteroatoms. The third-order valence-corrected chi connectivity index (χ3v) is 3.68. The normalized spacial score (nSPS) is 13.1. The van der Waals surface area contributed by atoms with Crippen molar-refractivity contribution in [1.29, 1.82) is 0 Å². The van der Waals surface area contributed by atoms with E-state index in [2.05, 4.69) is 65.9 Å². The minimum atomic E-state index is 0.610. The zero-order valence-electron chi connectivity index (χ0n) is 9.83. The first-order valence-electron chi connectivity index (χ1n) is 5.66. The van der Waals surface area contributed by atoms with E-state index >= 15 is 0 Å². The van der Waals surface area contributed by atoms with Gasteiger partial charge in [-0.15, -0.1) is 0 Å². The predicted octanol–water partition coefficient (Wildman–Crippen LogP) is 3.72. The number of hydrogen-bond acceptors (Lipinski definition) is 1. The van der Waals surface area contributed by atoms with Gasteiger partial charge in [-0.1, -0.05) is 48.0 Å². The van der Waals surface area contributed by atoms with E-state index in [4.69, 9.17) is 0 Å². The lowest BCUT2D eigenvalue weighted by Gasteiger charge is -2.26. The summed E-state index contributed by atoms with van der Waals surface area (Å²) < 4.78 is 1.23. The molecule has 1 aromatic carbocycles. The molecule has 0 spiro atoms. The molecule has 0 radical (unpaired) electrons. The second-order valence-electron chi connectivity index (χ2n) is 3.87. The van der Waals surface area contributed by atoms with E-state index in [1.54, 1.807) is 0 Å². The fraction of sp³-hybridized carbons (Fsp3) is 0.538. The molecule has 0 aliphatic heterocycles. The Balaban J connectivity index is 2.65. The molecule has 0 amide bonds. The van der Waals surface area contributed by atoms with Gasteiger partial charge in [-0.2, -0.15) is 0 Å². The van der Waals surface area contributed by atoms with Crippen molar-refractivity contribution in [3.05, 3.63) is 34.3 Å². The monoisotopic (exact) mass is 269 g/mol. The van der Waals surface area contributed by atoms with E-state index in [9.17, 15) is 0 Å². The molecule has 1 unspecified atom stereocenters. The van der Waals surface area contributed by atoms with Gasteiger partial charge in [0.1, 0.15) is 0 Å². The lowest BCUT2D eigenvalue weighted by atomic mass is 10.1. The van der Waals surface area contributed by atoms with Crippen molar-refractivity contribution in [2.24, 2.45) is 0 Å². The van der Waals surface area contributed by atoms with Crippen LogP contribution in [0.5, 0.6) is 0 Å². The van der Waals surface area contributed by atoms with Crippen molar-refractivity contribution in [3.8, 4) is 0 Å². The second kappa shape index (κ2) is 6.29. The van der Waals surface area contributed by atoms with E-state index in [0.29, 0.717) is 6.04 Å². The molecule has 0 N–H and O–H groups in total. The fourth-order valence-corrected chi connectivity index (χ4v) is 2.40. The highest BCUT2D eigenvalue weighted by molar-refractivity contribution is 9.10. The molecular formula is C13H20BrN. The molecular weight excluding hydrogens is 250 g/mol. The Morgan fingerprint density at radius 3 is 2.33 bits per heavy atom. The minimum absolute atomic E-state index is 0.610. The summed E-state index contributed by atoms with van der Waals surface area (Å²) in [7, 11) is 0. The molecule has 1 aromatic rings. The van der Waals surface area contributed by atoms with Crippen LogP contribution in [0.25, 0.3) is 0 Å². The smallest absolute Gasteiger partial charge is 0.0207 e. The van der Waals surface area contributed by atoms with Gasteiger partial charge < -0.3 is 4.90 Å². The molecule has 0 aliphatic carbocycles. The maximum absolute atomic E-state index is 3.60. The third-order valence-electron chi connectivity index (χ3n) is 2.91. The Morgan fingerprint density at radius 1 is 1.20 bits per heavy atom. The first-order chi connectivity index (χ1) is 7.19. The summed E-state index contributed by atoms with van der Waals surface area (Å²) in [5, 5.41) is 0. The molecule has 0 saturated carbocycles. The van der Waals surface area contributed by atoms with Crippen LogP contribution in [0, 0.1) is 0 Å². The molecule has 0 heterocycles. The van der Waals surface area contributed by atoms with Crippen molar-refractivity contribution < 1.29 is 0 Å². The number of rotatable bonds is 5. The first kappa shape index (κ1) is 12.7. The molecule has 0 aliphatic rings. The molecule has 0 aromatic heterocycles. The van der Waals surface area contributed by atoms with E-state index in [1.165, 1.54) is 10.0 Å². The van der Waals surface area contributed by atoms with Gasteiger partial charge >= 0.3 is 0 Å². The van der Waals surface area contributed by atoms with Crippen LogP contribution in [0.1, 0.15) is 26.3 Å². The van der Waals surface area contributed by atoms with Crippen LogP contribution in [-0.4, -0.2) is 24.0 Å². The zero-order chi connectivity index (χ0) is 11.3. The van der Waals surface area contributed by atoms with Gasteiger partial charge in [0, 0.05) is 10.5 Å². The predicted molar refractivity (Wildman–Crippen MR) is 70.2 cm³/mol. The Morgan fingerprint density at radius 2 is 1.80 bits per heavy atom. The quantitative estimate of drug-likeness (QED) is 0.788. The number of hydrogen-bond donors (Lipinski definition) is 0. The van der Waals surface area contributed by atoms with Gasteiger partial charge in [0.05, 0.1) is 0 Å². The summed E-state index contributed by atoms with van der Waals surface area (Å²) >= 11 is 3.60. The lowest BCUT2D eigenvalue weighted by Crippen LogP contribution is -2.34. The highest BCUT2D eigenvalue weighted by Gasteiger charge is 2.11. The summed E-state index contributed by atoms with van der Waals surface area (Å²) in [4.78, 5) is 2.49. The van der Waals surface area contributed by atoms with Crippen LogP contribution in [-0.2, 0) is 6.42 Å². The number of benzene rings is 1. The van der Waals surface area contributed by atoms with Gasteiger partial charge in [-0.25, -0.2) is 0 Å². The topological polar surface area (TPSA) is 3.24 Å². The maximum Gasteiger partial charge on any atom is 0.0207 e. The van der Waals surface area contributed by atoms with Crippen LogP contribution in [0.2, 0.25) is 0 Å². The van der Waals surface area contributed by atoms with Crippen molar-refractivity contribution in [1.82, 2.24) is 4.90 Å². The van der Waals surface area contributed by atoms with Crippen LogP contribution in [0.3, 0.4) is 0 Å². The van der Waals surface area contributed by atoms with Crippen LogP contribution in [0.4, 0.5) is 0 Å². The summed E-state index contributed by atoms with van der Waals surface area (Å²) in [5.74, 6) is 0. The van der Waals surface area contributed by atoms with E-state index in [0.717, 1.165) is 19.5 Å². The summed E-state index contributed by atoms with van der Waals surface area (Å²) in [6.45, 7) is 9.00. The molecule has 15 heavy (non-hydrogen) atoms. The zero-order valence-corrected chi connectivity index (χ0v) is 11.4. The van der Waals surface area contributed by atoms with E-state index in [1.807, 2.05) is 0 Å². The van der Waals surface area contributed by atoms with E-state index in [-0.39, 0.29) is 0 Å². The molecule has 84 valence electrons. The highest BCUT2D eigenvalue weighted by Crippen LogP contribution is 2.18.